The Hall–Kier alpha value is -1.61. The standard InChI is InChI=1S/C10H12NO.CHF3O3S/c1-11-7-8-12-10(11)9-5-3-2-4-6-9;2-1(3,4)8(5,6)7/h2-6H,7-8H2,1H3;(H,5,6,7)/q+1;/p-1. The Kier molecular flexibility index (Phi) is 5.12. The molecule has 0 saturated carbocycles. The second-order valence-corrected chi connectivity index (χ2v) is 5.21. The van der Waals surface area contributed by atoms with Gasteiger partial charge in [0, 0.05) is 0 Å². The van der Waals surface area contributed by atoms with E-state index in [2.05, 4.69) is 23.8 Å². The molecule has 20 heavy (non-hydrogen) atoms. The molecule has 0 N–H and O–H groups in total. The summed E-state index contributed by atoms with van der Waals surface area (Å²) in [5.74, 6) is 0.996. The molecule has 1 aliphatic rings. The monoisotopic (exact) mass is 311 g/mol. The fourth-order valence-corrected chi connectivity index (χ4v) is 1.38. The van der Waals surface area contributed by atoms with E-state index in [9.17, 15) is 13.2 Å². The van der Waals surface area contributed by atoms with Crippen LogP contribution in [0.5, 0.6) is 0 Å². The van der Waals surface area contributed by atoms with E-state index in [4.69, 9.17) is 17.7 Å². The molecular formula is C11H12F3NO4S. The molecular weight excluding hydrogens is 299 g/mol. The maximum Gasteiger partial charge on any atom is 0.485 e. The topological polar surface area (TPSA) is 69.4 Å². The SMILES string of the molecule is C[N+]1=C(c2ccccc2)OCC1.O=S(=O)([O-])C(F)(F)F. The van der Waals surface area contributed by atoms with E-state index < -0.39 is 15.6 Å². The molecule has 9 heteroatoms. The third-order valence-corrected chi connectivity index (χ3v) is 2.88. The van der Waals surface area contributed by atoms with Crippen LogP contribution < -0.4 is 0 Å². The van der Waals surface area contributed by atoms with Crippen LogP contribution in [0.3, 0.4) is 0 Å². The van der Waals surface area contributed by atoms with Crippen molar-refractivity contribution in [2.45, 2.75) is 5.51 Å². The van der Waals surface area contributed by atoms with Crippen LogP contribution >= 0.6 is 0 Å². The zero-order chi connectivity index (χ0) is 15.4. The maximum absolute atomic E-state index is 10.7. The van der Waals surface area contributed by atoms with E-state index in [0.717, 1.165) is 24.6 Å². The minimum atomic E-state index is -6.09. The van der Waals surface area contributed by atoms with Gasteiger partial charge in [-0.1, -0.05) is 18.2 Å². The van der Waals surface area contributed by atoms with Gasteiger partial charge in [0.2, 0.25) is 0 Å². The zero-order valence-corrected chi connectivity index (χ0v) is 11.2. The fraction of sp³-hybridized carbons (Fsp3) is 0.364. The minimum absolute atomic E-state index is 0.806. The van der Waals surface area contributed by atoms with Crippen molar-refractivity contribution in [1.29, 1.82) is 0 Å². The molecule has 1 aromatic carbocycles. The van der Waals surface area contributed by atoms with Gasteiger partial charge in [-0.2, -0.15) is 17.7 Å². The van der Waals surface area contributed by atoms with Crippen LogP contribution in [-0.4, -0.2) is 49.2 Å². The summed E-state index contributed by atoms with van der Waals surface area (Å²) in [7, 11) is -4.04. The molecule has 0 bridgehead atoms. The molecule has 0 amide bonds. The lowest BCUT2D eigenvalue weighted by Crippen LogP contribution is -2.21. The molecule has 0 aromatic heterocycles. The van der Waals surface area contributed by atoms with Crippen LogP contribution in [-0.2, 0) is 14.9 Å². The Balaban J connectivity index is 0.000000221. The highest BCUT2D eigenvalue weighted by Gasteiger charge is 2.36. The van der Waals surface area contributed by atoms with E-state index in [1.807, 2.05) is 18.2 Å². The Bertz CT molecular complexity index is 581. The van der Waals surface area contributed by atoms with E-state index >= 15 is 0 Å². The second-order valence-electron chi connectivity index (χ2n) is 3.84. The first kappa shape index (κ1) is 16.4. The number of likely N-dealkylation sites (N-methyl/N-ethyl adjacent to an activating group) is 1. The van der Waals surface area contributed by atoms with Gasteiger partial charge in [0.25, 0.3) is 0 Å². The summed E-state index contributed by atoms with van der Waals surface area (Å²) in [4.78, 5) is 0. The van der Waals surface area contributed by atoms with Gasteiger partial charge in [0.1, 0.15) is 7.05 Å². The van der Waals surface area contributed by atoms with E-state index in [-0.39, 0.29) is 0 Å². The van der Waals surface area contributed by atoms with Crippen molar-refractivity contribution < 1.29 is 35.5 Å². The van der Waals surface area contributed by atoms with Crippen molar-refractivity contribution in [3.8, 4) is 0 Å². The number of benzene rings is 1. The third kappa shape index (κ3) is 4.49. The van der Waals surface area contributed by atoms with Crippen LogP contribution in [0, 0.1) is 0 Å². The number of nitrogens with zero attached hydrogens (tertiary/aromatic N) is 1. The van der Waals surface area contributed by atoms with Gasteiger partial charge in [-0.05, 0) is 12.1 Å². The molecule has 0 atom stereocenters. The summed E-state index contributed by atoms with van der Waals surface area (Å²) < 4.78 is 66.5. The van der Waals surface area contributed by atoms with Crippen LogP contribution in [0.2, 0.25) is 0 Å². The lowest BCUT2D eigenvalue weighted by atomic mass is 10.2. The Morgan fingerprint density at radius 3 is 2.10 bits per heavy atom. The predicted octanol–water partition coefficient (Wildman–Crippen LogP) is 1.16. The van der Waals surface area contributed by atoms with E-state index in [1.54, 1.807) is 0 Å². The van der Waals surface area contributed by atoms with Gasteiger partial charge >= 0.3 is 11.4 Å². The van der Waals surface area contributed by atoms with Crippen molar-refractivity contribution in [3.05, 3.63) is 35.9 Å². The van der Waals surface area contributed by atoms with Crippen LogP contribution in [0.15, 0.2) is 30.3 Å². The highest BCUT2D eigenvalue weighted by molar-refractivity contribution is 7.86. The highest BCUT2D eigenvalue weighted by Crippen LogP contribution is 2.20. The van der Waals surface area contributed by atoms with E-state index in [0.29, 0.717) is 0 Å². The van der Waals surface area contributed by atoms with E-state index in [1.165, 1.54) is 0 Å². The number of alkyl halides is 3. The van der Waals surface area contributed by atoms with Crippen LogP contribution in [0.1, 0.15) is 5.56 Å². The molecule has 1 aliphatic heterocycles. The first-order valence-corrected chi connectivity index (χ1v) is 6.82. The smallest absolute Gasteiger partial charge is 0.485 e. The molecule has 0 saturated heterocycles. The van der Waals surface area contributed by atoms with Crippen LogP contribution in [0.25, 0.3) is 0 Å². The summed E-state index contributed by atoms with van der Waals surface area (Å²) in [5, 5.41) is 0. The minimum Gasteiger partial charge on any atom is -0.741 e. The lowest BCUT2D eigenvalue weighted by molar-refractivity contribution is -0.486. The van der Waals surface area contributed by atoms with Gasteiger partial charge in [0.05, 0.1) is 5.56 Å². The number of hydrogen-bond acceptors (Lipinski definition) is 4. The zero-order valence-electron chi connectivity index (χ0n) is 10.4. The van der Waals surface area contributed by atoms with Crippen LogP contribution in [0.4, 0.5) is 13.2 Å². The van der Waals surface area contributed by atoms with Crippen molar-refractivity contribution in [1.82, 2.24) is 0 Å². The predicted molar refractivity (Wildman–Crippen MR) is 63.3 cm³/mol. The van der Waals surface area contributed by atoms with Gasteiger partial charge in [-0.15, -0.1) is 0 Å². The number of hydrogen-bond donors (Lipinski definition) is 0. The summed E-state index contributed by atoms with van der Waals surface area (Å²) in [6.07, 6.45) is 0. The van der Waals surface area contributed by atoms with Gasteiger partial charge < -0.3 is 9.29 Å². The molecule has 0 radical (unpaired) electrons. The number of rotatable bonds is 1. The summed E-state index contributed by atoms with van der Waals surface area (Å²) in [6.45, 7) is 1.80. The number of ether oxygens (including phenoxy) is 1. The summed E-state index contributed by atoms with van der Waals surface area (Å²) in [6, 6.07) is 10.2. The second kappa shape index (κ2) is 6.23. The summed E-state index contributed by atoms with van der Waals surface area (Å²) >= 11 is 0. The molecule has 0 aliphatic carbocycles. The van der Waals surface area contributed by atoms with Crippen molar-refractivity contribution in [2.24, 2.45) is 0 Å². The quantitative estimate of drug-likeness (QED) is 0.443. The van der Waals surface area contributed by atoms with Gasteiger partial charge in [-0.25, -0.2) is 8.42 Å². The molecule has 0 fully saturated rings. The average Bonchev–Trinajstić information content (AvgIpc) is 2.75. The first-order valence-electron chi connectivity index (χ1n) is 5.41. The van der Waals surface area contributed by atoms with Crippen molar-refractivity contribution in [3.63, 3.8) is 0 Å². The number of halogens is 3. The molecule has 2 rings (SSSR count). The average molecular weight is 311 g/mol. The Morgan fingerprint density at radius 1 is 1.25 bits per heavy atom. The molecule has 0 spiro atoms. The first-order chi connectivity index (χ1) is 9.13. The lowest BCUT2D eigenvalue weighted by Gasteiger charge is -2.08. The van der Waals surface area contributed by atoms with Gasteiger partial charge in [-0.3, -0.25) is 0 Å². The highest BCUT2D eigenvalue weighted by atomic mass is 32.2. The molecule has 5 nitrogen and oxygen atoms in total. The van der Waals surface area contributed by atoms with Crippen molar-refractivity contribution >= 4 is 16.0 Å². The largest absolute Gasteiger partial charge is 0.741 e. The Morgan fingerprint density at radius 2 is 1.75 bits per heavy atom. The summed E-state index contributed by atoms with van der Waals surface area (Å²) in [5.41, 5.74) is -4.48. The van der Waals surface area contributed by atoms with Crippen molar-refractivity contribution in [2.75, 3.05) is 20.2 Å². The Labute approximate surface area is 114 Å². The maximum atomic E-state index is 10.7. The normalized spacial score (nSPS) is 15.4. The molecule has 1 heterocycles. The molecule has 1 aromatic rings. The molecule has 0 unspecified atom stereocenters. The van der Waals surface area contributed by atoms with Gasteiger partial charge in [0.15, 0.2) is 23.3 Å². The molecule has 112 valence electrons. The third-order valence-electron chi connectivity index (χ3n) is 2.32. The fourth-order valence-electron chi connectivity index (χ4n) is 1.38.